The van der Waals surface area contributed by atoms with Gasteiger partial charge in [0.15, 0.2) is 0 Å². The SMILES string of the molecule is O=C(CCc1nc2ccccc2c(=O)n1C1CC1)N1CCN(C(=O)NC2CCCCC2)CC1. The molecule has 1 aliphatic heterocycles. The van der Waals surface area contributed by atoms with Gasteiger partial charge in [-0.3, -0.25) is 14.2 Å². The Balaban J connectivity index is 1.17. The fraction of sp³-hybridized carbons (Fsp3) is 0.600. The van der Waals surface area contributed by atoms with Gasteiger partial charge >= 0.3 is 6.03 Å². The van der Waals surface area contributed by atoms with Crippen molar-refractivity contribution in [2.24, 2.45) is 0 Å². The van der Waals surface area contributed by atoms with Gasteiger partial charge in [-0.1, -0.05) is 31.4 Å². The van der Waals surface area contributed by atoms with Crippen LogP contribution in [0.2, 0.25) is 0 Å². The Labute approximate surface area is 194 Å². The van der Waals surface area contributed by atoms with Gasteiger partial charge in [-0.2, -0.15) is 0 Å². The Morgan fingerprint density at radius 3 is 2.36 bits per heavy atom. The second kappa shape index (κ2) is 9.53. The summed E-state index contributed by atoms with van der Waals surface area (Å²) in [5.74, 6) is 0.770. The van der Waals surface area contributed by atoms with E-state index in [1.807, 2.05) is 38.6 Å². The van der Waals surface area contributed by atoms with Crippen LogP contribution in [0.25, 0.3) is 10.9 Å². The molecule has 0 unspecified atom stereocenters. The van der Waals surface area contributed by atoms with Crippen molar-refractivity contribution < 1.29 is 9.59 Å². The van der Waals surface area contributed by atoms with Gasteiger partial charge in [0.25, 0.3) is 5.56 Å². The number of rotatable bonds is 5. The number of nitrogens with zero attached hydrogens (tertiary/aromatic N) is 4. The van der Waals surface area contributed by atoms with Gasteiger partial charge in [0.05, 0.1) is 10.9 Å². The Kier molecular flexibility index (Phi) is 6.33. The van der Waals surface area contributed by atoms with Gasteiger partial charge in [0, 0.05) is 51.1 Å². The summed E-state index contributed by atoms with van der Waals surface area (Å²) < 4.78 is 1.81. The molecule has 33 heavy (non-hydrogen) atoms. The predicted octanol–water partition coefficient (Wildman–Crippen LogP) is 2.85. The summed E-state index contributed by atoms with van der Waals surface area (Å²) in [4.78, 5) is 46.9. The zero-order valence-corrected chi connectivity index (χ0v) is 19.2. The van der Waals surface area contributed by atoms with Crippen LogP contribution in [0.4, 0.5) is 4.79 Å². The number of fused-ring (bicyclic) bond motifs is 1. The van der Waals surface area contributed by atoms with Gasteiger partial charge in [0.2, 0.25) is 5.91 Å². The minimum absolute atomic E-state index is 0.00260. The largest absolute Gasteiger partial charge is 0.339 e. The monoisotopic (exact) mass is 451 g/mol. The first-order chi connectivity index (χ1) is 16.1. The van der Waals surface area contributed by atoms with Crippen molar-refractivity contribution in [2.45, 2.75) is 69.9 Å². The number of carbonyl (C=O) groups is 2. The molecule has 5 rings (SSSR count). The molecule has 2 heterocycles. The highest BCUT2D eigenvalue weighted by Gasteiger charge is 2.29. The third kappa shape index (κ3) is 4.89. The van der Waals surface area contributed by atoms with Crippen LogP contribution in [0.3, 0.4) is 0 Å². The summed E-state index contributed by atoms with van der Waals surface area (Å²) in [5, 5.41) is 3.81. The fourth-order valence-electron chi connectivity index (χ4n) is 5.13. The smallest absolute Gasteiger partial charge is 0.317 e. The van der Waals surface area contributed by atoms with E-state index in [-0.39, 0.29) is 23.5 Å². The number of carbonyl (C=O) groups excluding carboxylic acids is 2. The molecule has 1 saturated heterocycles. The number of hydrogen-bond donors (Lipinski definition) is 1. The fourth-order valence-corrected chi connectivity index (χ4v) is 5.13. The van der Waals surface area contributed by atoms with Crippen molar-refractivity contribution in [2.75, 3.05) is 26.2 Å². The summed E-state index contributed by atoms with van der Waals surface area (Å²) in [6, 6.07) is 7.94. The van der Waals surface area contributed by atoms with Crippen molar-refractivity contribution in [3.8, 4) is 0 Å². The average Bonchev–Trinajstić information content (AvgIpc) is 3.68. The van der Waals surface area contributed by atoms with Crippen molar-refractivity contribution in [3.63, 3.8) is 0 Å². The van der Waals surface area contributed by atoms with Crippen LogP contribution in [-0.2, 0) is 11.2 Å². The predicted molar refractivity (Wildman–Crippen MR) is 126 cm³/mol. The lowest BCUT2D eigenvalue weighted by Gasteiger charge is -2.36. The molecule has 0 spiro atoms. The number of hydrogen-bond acceptors (Lipinski definition) is 4. The third-order valence-electron chi connectivity index (χ3n) is 7.21. The topological polar surface area (TPSA) is 87.5 Å². The normalized spacial score (nSPS) is 19.6. The molecule has 3 aliphatic rings. The summed E-state index contributed by atoms with van der Waals surface area (Å²) in [5.41, 5.74) is 0.697. The number of aryl methyl sites for hydroxylation is 1. The second-order valence-corrected chi connectivity index (χ2v) is 9.60. The lowest BCUT2D eigenvalue weighted by atomic mass is 9.96. The Hall–Kier alpha value is -2.90. The number of urea groups is 1. The highest BCUT2D eigenvalue weighted by atomic mass is 16.2. The molecule has 2 saturated carbocycles. The van der Waals surface area contributed by atoms with Crippen molar-refractivity contribution in [1.29, 1.82) is 0 Å². The molecule has 8 heteroatoms. The molecule has 8 nitrogen and oxygen atoms in total. The van der Waals surface area contributed by atoms with Crippen LogP contribution in [0.15, 0.2) is 29.1 Å². The highest BCUT2D eigenvalue weighted by molar-refractivity contribution is 5.79. The summed E-state index contributed by atoms with van der Waals surface area (Å²) in [6.07, 6.45) is 8.54. The maximum atomic E-state index is 13.0. The summed E-state index contributed by atoms with van der Waals surface area (Å²) >= 11 is 0. The number of aromatic nitrogens is 2. The van der Waals surface area contributed by atoms with Crippen LogP contribution >= 0.6 is 0 Å². The first-order valence-corrected chi connectivity index (χ1v) is 12.4. The molecular formula is C25H33N5O3. The minimum Gasteiger partial charge on any atom is -0.339 e. The molecule has 1 aromatic heterocycles. The average molecular weight is 452 g/mol. The lowest BCUT2D eigenvalue weighted by molar-refractivity contribution is -0.132. The molecule has 0 bridgehead atoms. The maximum Gasteiger partial charge on any atom is 0.317 e. The maximum absolute atomic E-state index is 13.0. The molecule has 1 aromatic carbocycles. The van der Waals surface area contributed by atoms with E-state index in [1.165, 1.54) is 19.3 Å². The quantitative estimate of drug-likeness (QED) is 0.757. The zero-order valence-electron chi connectivity index (χ0n) is 19.2. The van der Waals surface area contributed by atoms with Gasteiger partial charge in [-0.15, -0.1) is 0 Å². The van der Waals surface area contributed by atoms with Crippen molar-refractivity contribution in [1.82, 2.24) is 24.7 Å². The van der Waals surface area contributed by atoms with Crippen LogP contribution < -0.4 is 10.9 Å². The number of amides is 3. The minimum atomic E-state index is 0.00260. The van der Waals surface area contributed by atoms with Crippen LogP contribution in [0.1, 0.15) is 63.2 Å². The molecule has 3 amide bonds. The lowest BCUT2D eigenvalue weighted by Crippen LogP contribution is -2.54. The second-order valence-electron chi connectivity index (χ2n) is 9.60. The van der Waals surface area contributed by atoms with Crippen LogP contribution in [-0.4, -0.2) is 63.5 Å². The Morgan fingerprint density at radius 2 is 1.64 bits per heavy atom. The van der Waals surface area contributed by atoms with Crippen molar-refractivity contribution in [3.05, 3.63) is 40.4 Å². The van der Waals surface area contributed by atoms with E-state index in [9.17, 15) is 14.4 Å². The summed E-state index contributed by atoms with van der Waals surface area (Å²) in [7, 11) is 0. The third-order valence-corrected chi connectivity index (χ3v) is 7.21. The number of nitrogens with one attached hydrogen (secondary N) is 1. The van der Waals surface area contributed by atoms with Gasteiger partial charge in [0.1, 0.15) is 5.82 Å². The van der Waals surface area contributed by atoms with E-state index in [4.69, 9.17) is 4.98 Å². The molecule has 3 fully saturated rings. The molecule has 0 radical (unpaired) electrons. The van der Waals surface area contributed by atoms with Crippen LogP contribution in [0, 0.1) is 0 Å². The van der Waals surface area contributed by atoms with E-state index in [2.05, 4.69) is 5.32 Å². The molecule has 2 aliphatic carbocycles. The Morgan fingerprint density at radius 1 is 0.939 bits per heavy atom. The van der Waals surface area contributed by atoms with Gasteiger partial charge in [-0.05, 0) is 37.8 Å². The standard InChI is InChI=1S/C25H33N5O3/c31-23(28-14-16-29(17-15-28)25(33)26-18-6-2-1-3-7-18)13-12-22-27-21-9-5-4-8-20(21)24(32)30(22)19-10-11-19/h4-5,8-9,18-19H,1-3,6-7,10-17H2,(H,26,33). The number of benzene rings is 1. The summed E-state index contributed by atoms with van der Waals surface area (Å²) in [6.45, 7) is 2.23. The highest BCUT2D eigenvalue weighted by Crippen LogP contribution is 2.35. The van der Waals surface area contributed by atoms with E-state index >= 15 is 0 Å². The van der Waals surface area contributed by atoms with Crippen LogP contribution in [0.5, 0.6) is 0 Å². The molecular weight excluding hydrogens is 418 g/mol. The van der Waals surface area contributed by atoms with E-state index in [1.54, 1.807) is 0 Å². The van der Waals surface area contributed by atoms with E-state index in [0.717, 1.165) is 25.7 Å². The first kappa shape index (κ1) is 21.9. The van der Waals surface area contributed by atoms with Gasteiger partial charge in [-0.25, -0.2) is 9.78 Å². The molecule has 2 aromatic rings. The Bertz CT molecular complexity index is 1080. The zero-order chi connectivity index (χ0) is 22.8. The van der Waals surface area contributed by atoms with E-state index in [0.29, 0.717) is 61.8 Å². The van der Waals surface area contributed by atoms with E-state index < -0.39 is 0 Å². The molecule has 176 valence electrons. The number of para-hydroxylation sites is 1. The first-order valence-electron chi connectivity index (χ1n) is 12.4. The number of piperazine rings is 1. The van der Waals surface area contributed by atoms with Crippen molar-refractivity contribution >= 4 is 22.8 Å². The molecule has 1 N–H and O–H groups in total. The van der Waals surface area contributed by atoms with Gasteiger partial charge < -0.3 is 15.1 Å². The molecule has 0 atom stereocenters.